The molecule has 1 heterocycles. The van der Waals surface area contributed by atoms with Crippen LogP contribution in [0.1, 0.15) is 50.5 Å². The van der Waals surface area contributed by atoms with Gasteiger partial charge in [-0.15, -0.1) is 0 Å². The molecule has 0 radical (unpaired) electrons. The molecule has 0 bridgehead atoms. The van der Waals surface area contributed by atoms with E-state index < -0.39 is 0 Å². The molecule has 2 aliphatic carbocycles. The zero-order valence-corrected chi connectivity index (χ0v) is 12.3. The fourth-order valence-corrected chi connectivity index (χ4v) is 4.65. The Balaban J connectivity index is 1.82. The molecule has 1 aliphatic heterocycles. The number of benzene rings is 1. The summed E-state index contributed by atoms with van der Waals surface area (Å²) in [5.41, 5.74) is 3.48. The van der Waals surface area contributed by atoms with Crippen LogP contribution in [0.25, 0.3) is 0 Å². The molecule has 0 saturated heterocycles. The average molecular weight is 306 g/mol. The summed E-state index contributed by atoms with van der Waals surface area (Å²) in [5.74, 6) is 0.939. The summed E-state index contributed by atoms with van der Waals surface area (Å²) < 4.78 is 1.24. The maximum Gasteiger partial charge on any atom is 0.0387 e. The summed E-state index contributed by atoms with van der Waals surface area (Å²) in [5, 5.41) is 3.86. The Kier molecular flexibility index (Phi) is 2.52. The summed E-state index contributed by atoms with van der Waals surface area (Å²) in [7, 11) is 0. The van der Waals surface area contributed by atoms with Crippen molar-refractivity contribution in [1.29, 1.82) is 0 Å². The minimum atomic E-state index is 0.457. The molecule has 3 aliphatic rings. The highest BCUT2D eigenvalue weighted by Gasteiger charge is 2.52. The minimum absolute atomic E-state index is 0.457. The molecule has 0 unspecified atom stereocenters. The van der Waals surface area contributed by atoms with Crippen molar-refractivity contribution in [3.8, 4) is 0 Å². The quantitative estimate of drug-likeness (QED) is 0.781. The van der Waals surface area contributed by atoms with E-state index in [1.165, 1.54) is 55.1 Å². The highest BCUT2D eigenvalue weighted by molar-refractivity contribution is 9.10. The summed E-state index contributed by atoms with van der Waals surface area (Å²) in [6.45, 7) is 0. The van der Waals surface area contributed by atoms with E-state index in [1.54, 1.807) is 5.56 Å². The lowest BCUT2D eigenvalue weighted by atomic mass is 9.65. The van der Waals surface area contributed by atoms with Crippen LogP contribution in [0.15, 0.2) is 22.7 Å². The predicted octanol–water partition coefficient (Wildman–Crippen LogP) is 4.86. The van der Waals surface area contributed by atoms with Crippen molar-refractivity contribution in [1.82, 2.24) is 0 Å². The second-order valence-electron chi connectivity index (χ2n) is 6.37. The van der Waals surface area contributed by atoms with E-state index >= 15 is 0 Å². The summed E-state index contributed by atoms with van der Waals surface area (Å²) in [6.07, 6.45) is 9.93. The van der Waals surface area contributed by atoms with Crippen LogP contribution in [-0.2, 0) is 5.41 Å². The number of hydrogen-bond acceptors (Lipinski definition) is 1. The number of rotatable bonds is 1. The van der Waals surface area contributed by atoms with Gasteiger partial charge in [-0.25, -0.2) is 0 Å². The fraction of sp³-hybridized carbons (Fsp3) is 0.625. The maximum atomic E-state index is 3.86. The van der Waals surface area contributed by atoms with Crippen molar-refractivity contribution in [2.45, 2.75) is 56.4 Å². The minimum Gasteiger partial charge on any atom is -0.381 e. The molecule has 2 heteroatoms. The van der Waals surface area contributed by atoms with Crippen LogP contribution in [0, 0.1) is 5.92 Å². The predicted molar refractivity (Wildman–Crippen MR) is 79.0 cm³/mol. The van der Waals surface area contributed by atoms with Gasteiger partial charge in [-0.1, -0.05) is 35.2 Å². The van der Waals surface area contributed by atoms with Crippen molar-refractivity contribution >= 4 is 21.6 Å². The van der Waals surface area contributed by atoms with Crippen molar-refractivity contribution in [2.75, 3.05) is 5.32 Å². The van der Waals surface area contributed by atoms with Crippen LogP contribution in [0.4, 0.5) is 5.69 Å². The van der Waals surface area contributed by atoms with Gasteiger partial charge in [-0.05, 0) is 55.4 Å². The Labute approximate surface area is 117 Å². The van der Waals surface area contributed by atoms with Gasteiger partial charge in [0, 0.05) is 21.6 Å². The first-order valence-corrected chi connectivity index (χ1v) is 8.15. The zero-order valence-electron chi connectivity index (χ0n) is 10.7. The lowest BCUT2D eigenvalue weighted by molar-refractivity contribution is 0.253. The van der Waals surface area contributed by atoms with Crippen LogP contribution in [0.3, 0.4) is 0 Å². The summed E-state index contributed by atoms with van der Waals surface area (Å²) in [4.78, 5) is 0. The molecule has 1 aromatic carbocycles. The third-order valence-corrected chi connectivity index (χ3v) is 5.76. The number of hydrogen-bond donors (Lipinski definition) is 1. The van der Waals surface area contributed by atoms with Crippen LogP contribution < -0.4 is 5.32 Å². The van der Waals surface area contributed by atoms with Crippen molar-refractivity contribution in [3.05, 3.63) is 28.2 Å². The number of nitrogens with one attached hydrogen (secondary N) is 1. The molecule has 0 aromatic heterocycles. The zero-order chi connectivity index (χ0) is 12.2. The molecular weight excluding hydrogens is 286 g/mol. The van der Waals surface area contributed by atoms with Gasteiger partial charge in [0.1, 0.15) is 0 Å². The van der Waals surface area contributed by atoms with Crippen molar-refractivity contribution in [2.24, 2.45) is 5.92 Å². The topological polar surface area (TPSA) is 12.0 Å². The van der Waals surface area contributed by atoms with E-state index in [4.69, 9.17) is 0 Å². The Hall–Kier alpha value is -0.500. The lowest BCUT2D eigenvalue weighted by Crippen LogP contribution is -2.42. The highest BCUT2D eigenvalue weighted by Crippen LogP contribution is 2.56. The lowest BCUT2D eigenvalue weighted by Gasteiger charge is -2.39. The molecule has 1 spiro atoms. The van der Waals surface area contributed by atoms with E-state index in [9.17, 15) is 0 Å². The van der Waals surface area contributed by atoms with Gasteiger partial charge in [0.05, 0.1) is 0 Å². The SMILES string of the molecule is Brc1ccc2c(c1)C1(CCCCC1)[C@H](C1CC1)N2. The summed E-state index contributed by atoms with van der Waals surface area (Å²) >= 11 is 3.66. The van der Waals surface area contributed by atoms with Crippen LogP contribution in [0.2, 0.25) is 0 Å². The third-order valence-electron chi connectivity index (χ3n) is 5.26. The Morgan fingerprint density at radius 1 is 1.11 bits per heavy atom. The maximum absolute atomic E-state index is 3.86. The number of fused-ring (bicyclic) bond motifs is 2. The molecule has 18 heavy (non-hydrogen) atoms. The highest BCUT2D eigenvalue weighted by atomic mass is 79.9. The monoisotopic (exact) mass is 305 g/mol. The number of anilines is 1. The number of halogens is 1. The molecule has 1 nitrogen and oxygen atoms in total. The van der Waals surface area contributed by atoms with E-state index in [-0.39, 0.29) is 0 Å². The second kappa shape index (κ2) is 4.00. The fourth-order valence-electron chi connectivity index (χ4n) is 4.29. The van der Waals surface area contributed by atoms with E-state index in [0.717, 1.165) is 12.0 Å². The van der Waals surface area contributed by atoms with Gasteiger partial charge in [0.25, 0.3) is 0 Å². The van der Waals surface area contributed by atoms with Gasteiger partial charge in [0.2, 0.25) is 0 Å². The molecular formula is C16H20BrN. The van der Waals surface area contributed by atoms with Crippen molar-refractivity contribution in [3.63, 3.8) is 0 Å². The second-order valence-corrected chi connectivity index (χ2v) is 7.28. The van der Waals surface area contributed by atoms with E-state index in [0.29, 0.717) is 5.41 Å². The van der Waals surface area contributed by atoms with Crippen LogP contribution >= 0.6 is 15.9 Å². The van der Waals surface area contributed by atoms with Gasteiger partial charge < -0.3 is 5.32 Å². The molecule has 96 valence electrons. The van der Waals surface area contributed by atoms with E-state index in [1.807, 2.05) is 0 Å². The van der Waals surface area contributed by atoms with Crippen molar-refractivity contribution < 1.29 is 0 Å². The van der Waals surface area contributed by atoms with Gasteiger partial charge in [-0.3, -0.25) is 0 Å². The molecule has 2 saturated carbocycles. The Bertz CT molecular complexity index is 472. The normalized spacial score (nSPS) is 29.1. The molecule has 0 amide bonds. The van der Waals surface area contributed by atoms with Gasteiger partial charge >= 0.3 is 0 Å². The van der Waals surface area contributed by atoms with Crippen LogP contribution in [0.5, 0.6) is 0 Å². The Morgan fingerprint density at radius 2 is 1.89 bits per heavy atom. The first kappa shape index (κ1) is 11.3. The molecule has 1 aromatic rings. The Morgan fingerprint density at radius 3 is 2.61 bits per heavy atom. The third kappa shape index (κ3) is 1.57. The molecule has 1 atom stereocenters. The van der Waals surface area contributed by atoms with Gasteiger partial charge in [0.15, 0.2) is 0 Å². The van der Waals surface area contributed by atoms with E-state index in [2.05, 4.69) is 39.4 Å². The molecule has 4 rings (SSSR count). The molecule has 2 fully saturated rings. The smallest absolute Gasteiger partial charge is 0.0387 e. The van der Waals surface area contributed by atoms with Gasteiger partial charge in [-0.2, -0.15) is 0 Å². The first-order chi connectivity index (χ1) is 8.79. The molecule has 1 N–H and O–H groups in total. The van der Waals surface area contributed by atoms with Crippen LogP contribution in [-0.4, -0.2) is 6.04 Å². The first-order valence-electron chi connectivity index (χ1n) is 7.36. The summed E-state index contributed by atoms with van der Waals surface area (Å²) in [6, 6.07) is 7.56. The average Bonchev–Trinajstić information content (AvgIpc) is 3.18. The largest absolute Gasteiger partial charge is 0.381 e. The standard InChI is InChI=1S/C16H20BrN/c17-12-6-7-14-13(10-12)16(8-2-1-3-9-16)15(18-14)11-4-5-11/h6-7,10-11,15,18H,1-5,8-9H2/t15-/m0/s1.